The lowest BCUT2D eigenvalue weighted by Gasteiger charge is -2.37. The highest BCUT2D eigenvalue weighted by molar-refractivity contribution is 5.83. The summed E-state index contributed by atoms with van der Waals surface area (Å²) in [5.74, 6) is 0.977. The Hall–Kier alpha value is -1.55. The Morgan fingerprint density at radius 1 is 1.50 bits per heavy atom. The highest BCUT2D eigenvalue weighted by Gasteiger charge is 2.32. The van der Waals surface area contributed by atoms with Gasteiger partial charge in [-0.3, -0.25) is 5.10 Å². The van der Waals surface area contributed by atoms with Gasteiger partial charge in [0.25, 0.3) is 0 Å². The predicted molar refractivity (Wildman–Crippen MR) is 80.9 cm³/mol. The Kier molecular flexibility index (Phi) is 3.42. The standard InChI is InChI=1S/C16H23N3O/c1-11-13-9-18-19-14(13)5-6-15(11)20-12-4-3-7-16(2,8-12)10-17/h5-6,9,12H,3-4,7-8,10,17H2,1-2H3,(H,18,19). The SMILES string of the molecule is Cc1c(OC2CCCC(C)(CN)C2)ccc2[nH]ncc12. The molecule has 2 unspecified atom stereocenters. The molecule has 0 amide bonds. The van der Waals surface area contributed by atoms with Gasteiger partial charge in [-0.1, -0.05) is 6.92 Å². The number of fused-ring (bicyclic) bond motifs is 1. The Morgan fingerprint density at radius 3 is 3.15 bits per heavy atom. The van der Waals surface area contributed by atoms with Gasteiger partial charge in [0.15, 0.2) is 0 Å². The molecule has 0 bridgehead atoms. The molecule has 3 rings (SSSR count). The maximum absolute atomic E-state index is 6.26. The molecule has 4 heteroatoms. The molecule has 108 valence electrons. The van der Waals surface area contributed by atoms with Crippen LogP contribution in [0, 0.1) is 12.3 Å². The molecule has 0 aliphatic heterocycles. The van der Waals surface area contributed by atoms with Gasteiger partial charge >= 0.3 is 0 Å². The molecular weight excluding hydrogens is 250 g/mol. The van der Waals surface area contributed by atoms with Crippen LogP contribution in [0.2, 0.25) is 0 Å². The molecule has 3 N–H and O–H groups in total. The maximum Gasteiger partial charge on any atom is 0.123 e. The number of nitrogens with zero attached hydrogens (tertiary/aromatic N) is 1. The second kappa shape index (κ2) is 5.09. The first kappa shape index (κ1) is 13.4. The number of aryl methyl sites for hydroxylation is 1. The summed E-state index contributed by atoms with van der Waals surface area (Å²) in [7, 11) is 0. The number of aromatic amines is 1. The van der Waals surface area contributed by atoms with Crippen molar-refractivity contribution in [3.8, 4) is 5.75 Å². The van der Waals surface area contributed by atoms with Crippen molar-refractivity contribution < 1.29 is 4.74 Å². The second-order valence-corrected chi connectivity index (χ2v) is 6.37. The zero-order valence-corrected chi connectivity index (χ0v) is 12.3. The smallest absolute Gasteiger partial charge is 0.123 e. The van der Waals surface area contributed by atoms with Gasteiger partial charge < -0.3 is 10.5 Å². The normalized spacial score (nSPS) is 26.9. The van der Waals surface area contributed by atoms with Crippen LogP contribution < -0.4 is 10.5 Å². The molecule has 20 heavy (non-hydrogen) atoms. The number of nitrogens with two attached hydrogens (primary N) is 1. The minimum atomic E-state index is 0.233. The fourth-order valence-electron chi connectivity index (χ4n) is 3.24. The second-order valence-electron chi connectivity index (χ2n) is 6.37. The minimum absolute atomic E-state index is 0.233. The third-order valence-electron chi connectivity index (χ3n) is 4.66. The molecule has 1 fully saturated rings. The number of H-pyrrole nitrogens is 1. The fourth-order valence-corrected chi connectivity index (χ4v) is 3.24. The van der Waals surface area contributed by atoms with Gasteiger partial charge in [-0.2, -0.15) is 5.10 Å². The van der Waals surface area contributed by atoms with Crippen molar-refractivity contribution in [3.63, 3.8) is 0 Å². The lowest BCUT2D eigenvalue weighted by molar-refractivity contribution is 0.0788. The van der Waals surface area contributed by atoms with Crippen molar-refractivity contribution in [1.82, 2.24) is 10.2 Å². The lowest BCUT2D eigenvalue weighted by atomic mass is 9.74. The third-order valence-corrected chi connectivity index (χ3v) is 4.66. The summed E-state index contributed by atoms with van der Waals surface area (Å²) in [6.07, 6.45) is 6.72. The lowest BCUT2D eigenvalue weighted by Crippen LogP contribution is -2.37. The van der Waals surface area contributed by atoms with Crippen LogP contribution in [-0.4, -0.2) is 22.8 Å². The van der Waals surface area contributed by atoms with E-state index in [-0.39, 0.29) is 11.5 Å². The van der Waals surface area contributed by atoms with Crippen molar-refractivity contribution in [3.05, 3.63) is 23.9 Å². The Labute approximate surface area is 119 Å². The number of hydrogen-bond donors (Lipinski definition) is 2. The van der Waals surface area contributed by atoms with Crippen molar-refractivity contribution in [1.29, 1.82) is 0 Å². The average molecular weight is 273 g/mol. The number of rotatable bonds is 3. The third kappa shape index (κ3) is 2.40. The molecule has 1 aromatic heterocycles. The van der Waals surface area contributed by atoms with Crippen molar-refractivity contribution in [2.75, 3.05) is 6.54 Å². The van der Waals surface area contributed by atoms with Crippen molar-refractivity contribution in [2.45, 2.75) is 45.6 Å². The first-order valence-electron chi connectivity index (χ1n) is 7.41. The maximum atomic E-state index is 6.26. The van der Waals surface area contributed by atoms with Crippen LogP contribution >= 0.6 is 0 Å². The fraction of sp³-hybridized carbons (Fsp3) is 0.562. The highest BCUT2D eigenvalue weighted by atomic mass is 16.5. The molecule has 1 aromatic carbocycles. The molecule has 2 aromatic rings. The van der Waals surface area contributed by atoms with E-state index in [0.29, 0.717) is 0 Å². The van der Waals surface area contributed by atoms with Gasteiger partial charge in [-0.25, -0.2) is 0 Å². The molecule has 1 aliphatic rings. The first-order valence-corrected chi connectivity index (χ1v) is 7.41. The number of ether oxygens (including phenoxy) is 1. The Morgan fingerprint density at radius 2 is 2.35 bits per heavy atom. The minimum Gasteiger partial charge on any atom is -0.490 e. The summed E-state index contributed by atoms with van der Waals surface area (Å²) in [4.78, 5) is 0. The molecule has 1 heterocycles. The monoisotopic (exact) mass is 273 g/mol. The molecule has 2 atom stereocenters. The molecular formula is C16H23N3O. The van der Waals surface area contributed by atoms with Crippen LogP contribution in [0.15, 0.2) is 18.3 Å². The van der Waals surface area contributed by atoms with Gasteiger partial charge in [-0.15, -0.1) is 0 Å². The summed E-state index contributed by atoms with van der Waals surface area (Å²) >= 11 is 0. The van der Waals surface area contributed by atoms with E-state index in [4.69, 9.17) is 10.5 Å². The zero-order chi connectivity index (χ0) is 14.2. The first-order chi connectivity index (χ1) is 9.61. The van der Waals surface area contributed by atoms with E-state index in [0.717, 1.165) is 41.6 Å². The van der Waals surface area contributed by atoms with Crippen LogP contribution in [0.4, 0.5) is 0 Å². The average Bonchev–Trinajstić information content (AvgIpc) is 2.91. The van der Waals surface area contributed by atoms with E-state index in [1.807, 2.05) is 18.3 Å². The number of benzene rings is 1. The summed E-state index contributed by atoms with van der Waals surface area (Å²) in [5.41, 5.74) is 8.37. The van der Waals surface area contributed by atoms with Crippen LogP contribution in [0.5, 0.6) is 5.75 Å². The van der Waals surface area contributed by atoms with Crippen LogP contribution in [0.3, 0.4) is 0 Å². The van der Waals surface area contributed by atoms with Gasteiger partial charge in [0.2, 0.25) is 0 Å². The predicted octanol–water partition coefficient (Wildman–Crippen LogP) is 3.16. The van der Waals surface area contributed by atoms with E-state index in [9.17, 15) is 0 Å². The molecule has 0 spiro atoms. The van der Waals surface area contributed by atoms with Crippen LogP contribution in [0.1, 0.15) is 38.2 Å². The summed E-state index contributed by atoms with van der Waals surface area (Å²) in [6, 6.07) is 4.08. The number of nitrogens with one attached hydrogen (secondary N) is 1. The van der Waals surface area contributed by atoms with E-state index < -0.39 is 0 Å². The van der Waals surface area contributed by atoms with E-state index in [1.165, 1.54) is 12.8 Å². The Bertz CT molecular complexity index is 607. The van der Waals surface area contributed by atoms with Gasteiger partial charge in [-0.05, 0) is 56.7 Å². The van der Waals surface area contributed by atoms with Crippen LogP contribution in [0.25, 0.3) is 10.9 Å². The largest absolute Gasteiger partial charge is 0.490 e. The van der Waals surface area contributed by atoms with Crippen molar-refractivity contribution in [2.24, 2.45) is 11.1 Å². The molecule has 0 radical (unpaired) electrons. The van der Waals surface area contributed by atoms with Crippen molar-refractivity contribution >= 4 is 10.9 Å². The van der Waals surface area contributed by atoms with Crippen LogP contribution in [-0.2, 0) is 0 Å². The Balaban J connectivity index is 1.80. The topological polar surface area (TPSA) is 63.9 Å². The summed E-state index contributed by atoms with van der Waals surface area (Å²) in [5, 5.41) is 8.22. The number of aromatic nitrogens is 2. The van der Waals surface area contributed by atoms with E-state index in [1.54, 1.807) is 0 Å². The highest BCUT2D eigenvalue weighted by Crippen LogP contribution is 2.37. The van der Waals surface area contributed by atoms with E-state index >= 15 is 0 Å². The summed E-state index contributed by atoms with van der Waals surface area (Å²) < 4.78 is 6.26. The van der Waals surface area contributed by atoms with Gasteiger partial charge in [0.1, 0.15) is 5.75 Å². The summed E-state index contributed by atoms with van der Waals surface area (Å²) in [6.45, 7) is 5.11. The van der Waals surface area contributed by atoms with E-state index in [2.05, 4.69) is 24.0 Å². The molecule has 0 saturated heterocycles. The quantitative estimate of drug-likeness (QED) is 0.903. The zero-order valence-electron chi connectivity index (χ0n) is 12.3. The van der Waals surface area contributed by atoms with Gasteiger partial charge in [0.05, 0.1) is 17.8 Å². The molecule has 1 aliphatic carbocycles. The number of hydrogen-bond acceptors (Lipinski definition) is 3. The molecule has 1 saturated carbocycles. The van der Waals surface area contributed by atoms with Gasteiger partial charge in [0, 0.05) is 10.9 Å². The molecule has 4 nitrogen and oxygen atoms in total.